The monoisotopic (exact) mass is 658 g/mol. The van der Waals surface area contributed by atoms with Crippen molar-refractivity contribution in [1.82, 2.24) is 19.5 Å². The highest BCUT2D eigenvalue weighted by Crippen LogP contribution is 2.43. The van der Waals surface area contributed by atoms with E-state index in [1.165, 1.54) is 4.57 Å². The molecule has 10 rings (SSSR count). The maximum atomic E-state index is 9.30. The molecule has 4 nitrogen and oxygen atoms in total. The van der Waals surface area contributed by atoms with Crippen LogP contribution in [0.2, 0.25) is 0 Å². The lowest BCUT2D eigenvalue weighted by Crippen LogP contribution is -2.05. The van der Waals surface area contributed by atoms with Gasteiger partial charge in [0.2, 0.25) is 0 Å². The van der Waals surface area contributed by atoms with Crippen LogP contribution in [0.15, 0.2) is 182 Å². The molecule has 0 amide bonds. The summed E-state index contributed by atoms with van der Waals surface area (Å²) in [6.45, 7) is 0. The van der Waals surface area contributed by atoms with Crippen molar-refractivity contribution >= 4 is 43.4 Å². The van der Waals surface area contributed by atoms with Crippen LogP contribution in [-0.4, -0.2) is 19.5 Å². The highest BCUT2D eigenvalue weighted by Gasteiger charge is 2.23. The Balaban J connectivity index is 1.42. The quantitative estimate of drug-likeness (QED) is 0.173. The molecule has 51 heavy (non-hydrogen) atoms. The summed E-state index contributed by atoms with van der Waals surface area (Å²) in [6, 6.07) is 39.5. The SMILES string of the molecule is [2H]c1c([2H])c([2H])c2c(c1[2H])c1c([2H])c([2H])c([2H])c([2H])c1n2-c1cccc(-c2cccc3cc4ccccc4cc23)c1-c1nc(-c2ccccc2)nc(-c2ccccc2)n1. The molecule has 0 unspecified atom stereocenters. The third-order valence-electron chi connectivity index (χ3n) is 9.28. The van der Waals surface area contributed by atoms with Crippen molar-refractivity contribution in [3.63, 3.8) is 0 Å². The summed E-state index contributed by atoms with van der Waals surface area (Å²) >= 11 is 0. The Bertz CT molecular complexity index is 3230. The van der Waals surface area contributed by atoms with Gasteiger partial charge in [0.25, 0.3) is 0 Å². The van der Waals surface area contributed by atoms with Gasteiger partial charge in [-0.15, -0.1) is 0 Å². The first-order chi connectivity index (χ1) is 28.6. The maximum Gasteiger partial charge on any atom is 0.166 e. The highest BCUT2D eigenvalue weighted by atomic mass is 15.1. The summed E-state index contributed by atoms with van der Waals surface area (Å²) in [7, 11) is 0. The predicted molar refractivity (Wildman–Crippen MR) is 211 cm³/mol. The fourth-order valence-corrected chi connectivity index (χ4v) is 6.97. The van der Waals surface area contributed by atoms with Gasteiger partial charge in [0.1, 0.15) is 0 Å². The molecule has 0 saturated carbocycles. The van der Waals surface area contributed by atoms with E-state index in [1.54, 1.807) is 6.07 Å². The molecule has 0 bridgehead atoms. The Labute approximate surface area is 306 Å². The third-order valence-corrected chi connectivity index (χ3v) is 9.28. The molecule has 10 aromatic rings. The topological polar surface area (TPSA) is 43.6 Å². The third kappa shape index (κ3) is 4.88. The Morgan fingerprint density at radius 1 is 0.412 bits per heavy atom. The first kappa shape index (κ1) is 21.9. The van der Waals surface area contributed by atoms with E-state index < -0.39 is 48.3 Å². The van der Waals surface area contributed by atoms with Gasteiger partial charge in [-0.2, -0.15) is 0 Å². The van der Waals surface area contributed by atoms with Crippen LogP contribution in [0.1, 0.15) is 11.0 Å². The zero-order valence-electron chi connectivity index (χ0n) is 35.0. The lowest BCUT2D eigenvalue weighted by molar-refractivity contribution is 1.06. The van der Waals surface area contributed by atoms with Crippen molar-refractivity contribution < 1.29 is 11.0 Å². The van der Waals surface area contributed by atoms with Crippen LogP contribution >= 0.6 is 0 Å². The van der Waals surface area contributed by atoms with Gasteiger partial charge in [-0.05, 0) is 63.0 Å². The van der Waals surface area contributed by atoms with Crippen molar-refractivity contribution in [2.75, 3.05) is 0 Å². The molecular weight excluding hydrogens is 621 g/mol. The van der Waals surface area contributed by atoms with E-state index in [-0.39, 0.29) is 27.6 Å². The lowest BCUT2D eigenvalue weighted by atomic mass is 9.91. The Hall–Kier alpha value is -6.91. The average Bonchev–Trinajstić information content (AvgIpc) is 3.64. The van der Waals surface area contributed by atoms with E-state index in [9.17, 15) is 2.74 Å². The zero-order valence-corrected chi connectivity index (χ0v) is 27.0. The summed E-state index contributed by atoms with van der Waals surface area (Å²) in [4.78, 5) is 15.2. The van der Waals surface area contributed by atoms with Crippen LogP contribution in [0.5, 0.6) is 0 Å². The fraction of sp³-hybridized carbons (Fsp3) is 0. The molecule has 0 aliphatic heterocycles. The average molecular weight is 659 g/mol. The Kier molecular flexibility index (Phi) is 5.12. The summed E-state index contributed by atoms with van der Waals surface area (Å²) in [6.07, 6.45) is 0. The summed E-state index contributed by atoms with van der Waals surface area (Å²) in [5.41, 5.74) is 3.81. The lowest BCUT2D eigenvalue weighted by Gasteiger charge is -2.19. The number of hydrogen-bond acceptors (Lipinski definition) is 3. The van der Waals surface area contributed by atoms with Gasteiger partial charge in [-0.3, -0.25) is 0 Å². The number of fused-ring (bicyclic) bond motifs is 5. The van der Waals surface area contributed by atoms with E-state index in [0.717, 1.165) is 38.2 Å². The smallest absolute Gasteiger partial charge is 0.166 e. The molecule has 2 aromatic heterocycles. The summed E-state index contributed by atoms with van der Waals surface area (Å²) in [5, 5.41) is 4.02. The minimum Gasteiger partial charge on any atom is -0.308 e. The number of hydrogen-bond donors (Lipinski definition) is 0. The molecule has 0 aliphatic carbocycles. The molecule has 0 N–H and O–H groups in total. The van der Waals surface area contributed by atoms with Crippen molar-refractivity contribution in [2.24, 2.45) is 0 Å². The molecule has 2 heterocycles. The molecule has 238 valence electrons. The van der Waals surface area contributed by atoms with Crippen molar-refractivity contribution in [2.45, 2.75) is 0 Å². The van der Waals surface area contributed by atoms with E-state index in [2.05, 4.69) is 30.3 Å². The van der Waals surface area contributed by atoms with Crippen LogP contribution < -0.4 is 0 Å². The van der Waals surface area contributed by atoms with Crippen LogP contribution in [0, 0.1) is 0 Å². The zero-order chi connectivity index (χ0) is 40.7. The van der Waals surface area contributed by atoms with E-state index in [4.69, 9.17) is 23.2 Å². The van der Waals surface area contributed by atoms with Gasteiger partial charge in [0, 0.05) is 21.9 Å². The minimum absolute atomic E-state index is 0.000866. The molecule has 0 spiro atoms. The molecule has 0 radical (unpaired) electrons. The van der Waals surface area contributed by atoms with Crippen LogP contribution in [0.25, 0.3) is 94.3 Å². The first-order valence-electron chi connectivity index (χ1n) is 20.6. The first-order valence-corrected chi connectivity index (χ1v) is 16.6. The normalized spacial score (nSPS) is 13.7. The summed E-state index contributed by atoms with van der Waals surface area (Å²) < 4.78 is 73.1. The van der Waals surface area contributed by atoms with Gasteiger partial charge >= 0.3 is 0 Å². The standard InChI is InChI=1S/C47H30N4/c1-3-15-31(16-4-1)45-48-46(32-17-5-2-6-18-32)50-47(49-45)44-39(36-24-13-21-35-29-33-19-7-8-20-34(33)30-40(35)36)25-14-28-43(44)51-41-26-11-9-22-37(41)38-23-10-12-27-42(38)51/h1-30H/i9D,10D,11D,12D,22D,23D,26D,27D. The molecule has 0 fully saturated rings. The van der Waals surface area contributed by atoms with Gasteiger partial charge < -0.3 is 4.57 Å². The second kappa shape index (κ2) is 11.9. The predicted octanol–water partition coefficient (Wildman–Crippen LogP) is 11.9. The second-order valence-corrected chi connectivity index (χ2v) is 12.2. The molecule has 0 aliphatic rings. The van der Waals surface area contributed by atoms with Crippen LogP contribution in [0.3, 0.4) is 0 Å². The minimum atomic E-state index is -0.511. The van der Waals surface area contributed by atoms with E-state index in [0.29, 0.717) is 28.5 Å². The highest BCUT2D eigenvalue weighted by molar-refractivity contribution is 6.11. The maximum absolute atomic E-state index is 9.30. The number of aromatic nitrogens is 4. The molecule has 8 aromatic carbocycles. The van der Waals surface area contributed by atoms with Gasteiger partial charge in [-0.25, -0.2) is 15.0 Å². The number of benzene rings is 8. The largest absolute Gasteiger partial charge is 0.308 e. The van der Waals surface area contributed by atoms with Crippen LogP contribution in [0.4, 0.5) is 0 Å². The number of nitrogens with zero attached hydrogens (tertiary/aromatic N) is 4. The van der Waals surface area contributed by atoms with Gasteiger partial charge in [-0.1, -0.05) is 152 Å². The number of para-hydroxylation sites is 2. The van der Waals surface area contributed by atoms with Crippen molar-refractivity contribution in [3.8, 4) is 51.0 Å². The summed E-state index contributed by atoms with van der Waals surface area (Å²) in [5.74, 6) is 1.04. The molecule has 0 atom stereocenters. The second-order valence-electron chi connectivity index (χ2n) is 12.2. The van der Waals surface area contributed by atoms with Gasteiger partial charge in [0.05, 0.1) is 33.3 Å². The Morgan fingerprint density at radius 2 is 0.922 bits per heavy atom. The Morgan fingerprint density at radius 3 is 1.57 bits per heavy atom. The molecule has 4 heteroatoms. The van der Waals surface area contributed by atoms with Crippen LogP contribution in [-0.2, 0) is 0 Å². The fourth-order valence-electron chi connectivity index (χ4n) is 6.97. The molecular formula is C47H30N4. The van der Waals surface area contributed by atoms with E-state index >= 15 is 0 Å². The van der Waals surface area contributed by atoms with Gasteiger partial charge in [0.15, 0.2) is 17.5 Å². The van der Waals surface area contributed by atoms with Crippen molar-refractivity contribution in [3.05, 3.63) is 182 Å². The number of rotatable bonds is 5. The van der Waals surface area contributed by atoms with E-state index in [1.807, 2.05) is 97.1 Å². The molecule has 0 saturated heterocycles. The van der Waals surface area contributed by atoms with Crippen molar-refractivity contribution in [1.29, 1.82) is 0 Å².